The van der Waals surface area contributed by atoms with E-state index in [1.165, 1.54) is 37.3 Å². The van der Waals surface area contributed by atoms with Crippen LogP contribution in [0, 0.1) is 12.7 Å². The summed E-state index contributed by atoms with van der Waals surface area (Å²) in [5.74, 6) is -1.21. The van der Waals surface area contributed by atoms with Crippen LogP contribution in [0.2, 0.25) is 0 Å². The van der Waals surface area contributed by atoms with E-state index in [2.05, 4.69) is 10.6 Å². The van der Waals surface area contributed by atoms with Crippen LogP contribution in [0.3, 0.4) is 0 Å². The first-order valence-electron chi connectivity index (χ1n) is 9.56. The van der Waals surface area contributed by atoms with Gasteiger partial charge >= 0.3 is 6.03 Å². The number of anilines is 1. The lowest BCUT2D eigenvalue weighted by molar-refractivity contribution is 0.101. The van der Waals surface area contributed by atoms with Gasteiger partial charge in [-0.15, -0.1) is 11.6 Å². The van der Waals surface area contributed by atoms with E-state index in [1.807, 2.05) is 0 Å². The van der Waals surface area contributed by atoms with E-state index in [4.69, 9.17) is 29.6 Å². The third kappa shape index (κ3) is 4.43. The van der Waals surface area contributed by atoms with Crippen molar-refractivity contribution < 1.29 is 19.1 Å². The summed E-state index contributed by atoms with van der Waals surface area (Å²) in [5.41, 5.74) is 5.92. The molecule has 1 aliphatic rings. The minimum atomic E-state index is -1.65. The number of thiocarbonyl (C=S) groups is 1. The quantitative estimate of drug-likeness (QED) is 0.397. The van der Waals surface area contributed by atoms with E-state index in [9.17, 15) is 19.1 Å². The number of carbonyl (C=O) groups excluding carboxylic acids is 2. The van der Waals surface area contributed by atoms with Crippen molar-refractivity contribution in [1.82, 2.24) is 5.32 Å². The highest BCUT2D eigenvalue weighted by molar-refractivity contribution is 7.80. The molecule has 32 heavy (non-hydrogen) atoms. The standard InChI is InChI=1S/C23H21ClFN3O3S/c1-13-15(7-5-9-18(13)27-19(29)16-6-3-4-8-17(16)25)14-10-11-22(2,31)23(24,12-14)20(32)28-21(26)30/h3-12,31H,1-2H3,(H,27,29)(H3,26,28,30,32). The average Bonchev–Trinajstić information content (AvgIpc) is 2.71. The fourth-order valence-electron chi connectivity index (χ4n) is 3.37. The molecule has 0 saturated carbocycles. The highest BCUT2D eigenvalue weighted by Crippen LogP contribution is 2.41. The van der Waals surface area contributed by atoms with Crippen molar-refractivity contribution in [1.29, 1.82) is 0 Å². The lowest BCUT2D eigenvalue weighted by atomic mass is 9.79. The third-order valence-electron chi connectivity index (χ3n) is 5.26. The molecule has 3 amide bonds. The van der Waals surface area contributed by atoms with Gasteiger partial charge in [0.15, 0.2) is 0 Å². The monoisotopic (exact) mass is 473 g/mol. The van der Waals surface area contributed by atoms with E-state index in [0.29, 0.717) is 22.4 Å². The molecular weight excluding hydrogens is 453 g/mol. The van der Waals surface area contributed by atoms with Crippen molar-refractivity contribution in [3.63, 3.8) is 0 Å². The number of hydrogen-bond donors (Lipinski definition) is 4. The number of urea groups is 1. The summed E-state index contributed by atoms with van der Waals surface area (Å²) in [6.45, 7) is 3.24. The molecule has 5 N–H and O–H groups in total. The van der Waals surface area contributed by atoms with Crippen LogP contribution in [-0.2, 0) is 0 Å². The van der Waals surface area contributed by atoms with Crippen LogP contribution in [0.25, 0.3) is 5.57 Å². The van der Waals surface area contributed by atoms with Crippen LogP contribution in [0.15, 0.2) is 60.7 Å². The Bertz CT molecular complexity index is 1180. The van der Waals surface area contributed by atoms with Crippen molar-refractivity contribution in [2.24, 2.45) is 5.73 Å². The topological polar surface area (TPSA) is 104 Å². The van der Waals surface area contributed by atoms with E-state index in [-0.39, 0.29) is 10.6 Å². The summed E-state index contributed by atoms with van der Waals surface area (Å²) in [4.78, 5) is 22.0. The Labute approximate surface area is 195 Å². The smallest absolute Gasteiger partial charge is 0.317 e. The van der Waals surface area contributed by atoms with Gasteiger partial charge in [0.1, 0.15) is 21.3 Å². The maximum absolute atomic E-state index is 14.0. The average molecular weight is 474 g/mol. The second-order valence-electron chi connectivity index (χ2n) is 7.52. The van der Waals surface area contributed by atoms with E-state index < -0.39 is 28.2 Å². The van der Waals surface area contributed by atoms with Crippen molar-refractivity contribution >= 4 is 52.0 Å². The number of halogens is 2. The number of nitrogens with one attached hydrogen (secondary N) is 2. The number of aliphatic hydroxyl groups is 1. The van der Waals surface area contributed by atoms with Crippen LogP contribution >= 0.6 is 23.8 Å². The third-order valence-corrected chi connectivity index (χ3v) is 6.47. The highest BCUT2D eigenvalue weighted by Gasteiger charge is 2.48. The number of primary amides is 1. The number of allylic oxidation sites excluding steroid dienone is 2. The molecule has 2 aromatic rings. The van der Waals surface area contributed by atoms with Gasteiger partial charge in [-0.1, -0.05) is 48.6 Å². The molecule has 166 valence electrons. The fraction of sp³-hybridized carbons (Fsp3) is 0.174. The number of amides is 3. The summed E-state index contributed by atoms with van der Waals surface area (Å²) in [5, 5.41) is 15.8. The Morgan fingerprint density at radius 2 is 1.88 bits per heavy atom. The molecule has 0 aliphatic heterocycles. The molecule has 0 fully saturated rings. The molecule has 0 heterocycles. The molecule has 0 spiro atoms. The van der Waals surface area contributed by atoms with Gasteiger partial charge in [0.25, 0.3) is 5.91 Å². The second-order valence-corrected chi connectivity index (χ2v) is 8.53. The molecule has 2 aromatic carbocycles. The fourth-order valence-corrected chi connectivity index (χ4v) is 3.96. The van der Waals surface area contributed by atoms with E-state index >= 15 is 0 Å². The summed E-state index contributed by atoms with van der Waals surface area (Å²) in [6, 6.07) is 10.00. The Morgan fingerprint density at radius 3 is 2.53 bits per heavy atom. The minimum absolute atomic E-state index is 0.0761. The number of nitrogens with two attached hydrogens (primary N) is 1. The van der Waals surface area contributed by atoms with Crippen LogP contribution in [-0.4, -0.2) is 32.5 Å². The maximum Gasteiger partial charge on any atom is 0.317 e. The SMILES string of the molecule is Cc1c(NC(=O)c2ccccc2F)cccc1C1=CC(Cl)(C(=S)NC(N)=O)C(C)(O)C=C1. The lowest BCUT2D eigenvalue weighted by Crippen LogP contribution is -2.57. The molecule has 6 nitrogen and oxygen atoms in total. The van der Waals surface area contributed by atoms with Gasteiger partial charge < -0.3 is 21.5 Å². The van der Waals surface area contributed by atoms with Gasteiger partial charge in [0, 0.05) is 5.69 Å². The zero-order valence-corrected chi connectivity index (χ0v) is 18.9. The van der Waals surface area contributed by atoms with Gasteiger partial charge in [-0.05, 0) is 54.8 Å². The Hall–Kier alpha value is -3.07. The summed E-state index contributed by atoms with van der Waals surface area (Å²) in [6.07, 6.45) is 4.66. The highest BCUT2D eigenvalue weighted by atomic mass is 35.5. The molecule has 1 aliphatic carbocycles. The lowest BCUT2D eigenvalue weighted by Gasteiger charge is -2.39. The van der Waals surface area contributed by atoms with Crippen LogP contribution in [0.4, 0.5) is 14.9 Å². The van der Waals surface area contributed by atoms with Crippen molar-refractivity contribution in [2.45, 2.75) is 24.3 Å². The van der Waals surface area contributed by atoms with Crippen molar-refractivity contribution in [2.75, 3.05) is 5.32 Å². The Morgan fingerprint density at radius 1 is 1.19 bits per heavy atom. The maximum atomic E-state index is 14.0. The molecule has 0 radical (unpaired) electrons. The molecule has 0 bridgehead atoms. The van der Waals surface area contributed by atoms with Gasteiger partial charge in [-0.2, -0.15) is 0 Å². The molecule has 2 unspecified atom stereocenters. The zero-order valence-electron chi connectivity index (χ0n) is 17.3. The number of alkyl halides is 1. The molecule has 0 saturated heterocycles. The van der Waals surface area contributed by atoms with Crippen molar-refractivity contribution in [3.05, 3.63) is 83.2 Å². The zero-order chi connectivity index (χ0) is 23.7. The molecule has 9 heteroatoms. The van der Waals surface area contributed by atoms with Gasteiger partial charge in [0.2, 0.25) is 0 Å². The summed E-state index contributed by atoms with van der Waals surface area (Å²) in [7, 11) is 0. The van der Waals surface area contributed by atoms with Gasteiger partial charge in [-0.3, -0.25) is 4.79 Å². The summed E-state index contributed by atoms with van der Waals surface area (Å²) >= 11 is 11.9. The molecule has 0 aromatic heterocycles. The van der Waals surface area contributed by atoms with Gasteiger partial charge in [0.05, 0.1) is 5.56 Å². The number of benzene rings is 2. The van der Waals surface area contributed by atoms with Gasteiger partial charge in [-0.25, -0.2) is 9.18 Å². The Kier molecular flexibility index (Phi) is 6.50. The summed E-state index contributed by atoms with van der Waals surface area (Å²) < 4.78 is 14.0. The normalized spacial score (nSPS) is 22.1. The number of carbonyl (C=O) groups is 2. The first kappa shape index (κ1) is 23.6. The predicted molar refractivity (Wildman–Crippen MR) is 127 cm³/mol. The van der Waals surface area contributed by atoms with E-state index in [0.717, 1.165) is 0 Å². The first-order chi connectivity index (χ1) is 15.0. The number of rotatable bonds is 4. The Balaban J connectivity index is 1.99. The first-order valence-corrected chi connectivity index (χ1v) is 10.3. The number of hydrogen-bond acceptors (Lipinski definition) is 4. The van der Waals surface area contributed by atoms with E-state index in [1.54, 1.807) is 37.3 Å². The second kappa shape index (κ2) is 8.82. The predicted octanol–water partition coefficient (Wildman–Crippen LogP) is 4.06. The molecule has 3 rings (SSSR count). The van der Waals surface area contributed by atoms with Crippen LogP contribution in [0.5, 0.6) is 0 Å². The van der Waals surface area contributed by atoms with Crippen molar-refractivity contribution in [3.8, 4) is 0 Å². The van der Waals surface area contributed by atoms with Crippen LogP contribution in [0.1, 0.15) is 28.4 Å². The minimum Gasteiger partial charge on any atom is -0.383 e. The largest absolute Gasteiger partial charge is 0.383 e. The van der Waals surface area contributed by atoms with Crippen LogP contribution < -0.4 is 16.4 Å². The molecular formula is C23H21ClFN3O3S. The molecule has 2 atom stereocenters.